The van der Waals surface area contributed by atoms with Gasteiger partial charge in [-0.15, -0.1) is 0 Å². The van der Waals surface area contributed by atoms with Gasteiger partial charge in [0.05, 0.1) is 5.56 Å². The number of anilines is 1. The Morgan fingerprint density at radius 3 is 2.79 bits per heavy atom. The molecule has 1 aliphatic carbocycles. The smallest absolute Gasteiger partial charge is 0.253 e. The summed E-state index contributed by atoms with van der Waals surface area (Å²) in [5, 5.41) is 6.40. The van der Waals surface area contributed by atoms with Crippen molar-refractivity contribution >= 4 is 11.6 Å². The highest BCUT2D eigenvalue weighted by atomic mass is 16.1. The minimum Gasteiger partial charge on any atom is -0.384 e. The van der Waals surface area contributed by atoms with Gasteiger partial charge in [0.1, 0.15) is 0 Å². The summed E-state index contributed by atoms with van der Waals surface area (Å²) in [6, 6.07) is 5.97. The van der Waals surface area contributed by atoms with Crippen LogP contribution in [0.3, 0.4) is 0 Å². The second kappa shape index (κ2) is 6.60. The number of aryl methyl sites for hydroxylation is 1. The zero-order valence-corrected chi connectivity index (χ0v) is 12.0. The zero-order chi connectivity index (χ0) is 13.7. The van der Waals surface area contributed by atoms with E-state index in [2.05, 4.69) is 17.6 Å². The van der Waals surface area contributed by atoms with Crippen LogP contribution < -0.4 is 10.6 Å². The maximum absolute atomic E-state index is 12.2. The molecule has 0 unspecified atom stereocenters. The molecule has 1 aliphatic rings. The van der Waals surface area contributed by atoms with Gasteiger partial charge in [-0.3, -0.25) is 4.79 Å². The minimum absolute atomic E-state index is 0.0468. The third-order valence-electron chi connectivity index (χ3n) is 3.76. The van der Waals surface area contributed by atoms with Crippen molar-refractivity contribution in [2.75, 3.05) is 18.4 Å². The summed E-state index contributed by atoms with van der Waals surface area (Å²) >= 11 is 0. The Kier molecular flexibility index (Phi) is 4.83. The molecule has 1 fully saturated rings. The molecule has 2 rings (SSSR count). The first-order valence-electron chi connectivity index (χ1n) is 7.33. The first-order chi connectivity index (χ1) is 9.20. The lowest BCUT2D eigenvalue weighted by atomic mass is 9.85. The normalized spacial score (nSPS) is 14.8. The molecule has 0 spiro atoms. The van der Waals surface area contributed by atoms with E-state index < -0.39 is 0 Å². The first kappa shape index (κ1) is 13.9. The van der Waals surface area contributed by atoms with Gasteiger partial charge in [0.15, 0.2) is 0 Å². The molecule has 0 aromatic heterocycles. The molecule has 0 bridgehead atoms. The van der Waals surface area contributed by atoms with E-state index >= 15 is 0 Å². The van der Waals surface area contributed by atoms with Crippen molar-refractivity contribution in [3.05, 3.63) is 29.3 Å². The lowest BCUT2D eigenvalue weighted by Crippen LogP contribution is -2.32. The lowest BCUT2D eigenvalue weighted by molar-refractivity contribution is 0.0940. The fraction of sp³-hybridized carbons (Fsp3) is 0.562. The molecule has 1 amide bonds. The Labute approximate surface area is 115 Å². The monoisotopic (exact) mass is 260 g/mol. The molecule has 0 radical (unpaired) electrons. The molecule has 3 nitrogen and oxygen atoms in total. The largest absolute Gasteiger partial charge is 0.384 e. The van der Waals surface area contributed by atoms with E-state index in [0.717, 1.165) is 30.8 Å². The molecule has 0 atom stereocenters. The van der Waals surface area contributed by atoms with Crippen molar-refractivity contribution in [1.29, 1.82) is 0 Å². The van der Waals surface area contributed by atoms with Crippen LogP contribution in [0.5, 0.6) is 0 Å². The van der Waals surface area contributed by atoms with Crippen LogP contribution in [0, 0.1) is 12.8 Å². The van der Waals surface area contributed by atoms with Crippen molar-refractivity contribution < 1.29 is 4.79 Å². The van der Waals surface area contributed by atoms with E-state index in [9.17, 15) is 4.79 Å². The number of rotatable bonds is 6. The summed E-state index contributed by atoms with van der Waals surface area (Å²) in [6.07, 6.45) is 4.88. The number of carbonyl (C=O) groups excluding carboxylic acids is 1. The topological polar surface area (TPSA) is 41.1 Å². The number of hydrogen-bond donors (Lipinski definition) is 2. The second-order valence-electron chi connectivity index (χ2n) is 5.48. The summed E-state index contributed by atoms with van der Waals surface area (Å²) < 4.78 is 0. The van der Waals surface area contributed by atoms with E-state index in [-0.39, 0.29) is 5.91 Å². The van der Waals surface area contributed by atoms with Crippen LogP contribution in [0.1, 0.15) is 48.5 Å². The quantitative estimate of drug-likeness (QED) is 0.823. The van der Waals surface area contributed by atoms with E-state index in [1.165, 1.54) is 24.8 Å². The van der Waals surface area contributed by atoms with Crippen LogP contribution in [0.15, 0.2) is 18.2 Å². The highest BCUT2D eigenvalue weighted by Crippen LogP contribution is 2.25. The molecule has 0 saturated heterocycles. The van der Waals surface area contributed by atoms with Crippen LogP contribution in [0.4, 0.5) is 5.69 Å². The van der Waals surface area contributed by atoms with E-state index in [0.29, 0.717) is 5.92 Å². The predicted octanol–water partition coefficient (Wildman–Crippen LogP) is 3.35. The van der Waals surface area contributed by atoms with Crippen molar-refractivity contribution in [2.24, 2.45) is 5.92 Å². The summed E-state index contributed by atoms with van der Waals surface area (Å²) in [7, 11) is 0. The van der Waals surface area contributed by atoms with E-state index in [4.69, 9.17) is 0 Å². The number of amides is 1. The maximum atomic E-state index is 12.2. The Bertz CT molecular complexity index is 438. The van der Waals surface area contributed by atoms with Gasteiger partial charge in [0.25, 0.3) is 5.91 Å². The van der Waals surface area contributed by atoms with Crippen LogP contribution in [0.2, 0.25) is 0 Å². The Morgan fingerprint density at radius 2 is 2.16 bits per heavy atom. The van der Waals surface area contributed by atoms with Crippen molar-refractivity contribution in [1.82, 2.24) is 5.32 Å². The van der Waals surface area contributed by atoms with Gasteiger partial charge in [-0.25, -0.2) is 0 Å². The molecule has 2 N–H and O–H groups in total. The van der Waals surface area contributed by atoms with E-state index in [1.54, 1.807) is 0 Å². The Balaban J connectivity index is 2.01. The fourth-order valence-electron chi connectivity index (χ4n) is 2.29. The van der Waals surface area contributed by atoms with Gasteiger partial charge >= 0.3 is 0 Å². The number of hydrogen-bond acceptors (Lipinski definition) is 2. The van der Waals surface area contributed by atoms with Gasteiger partial charge in [-0.1, -0.05) is 19.4 Å². The molecule has 1 saturated carbocycles. The molecule has 1 aromatic carbocycles. The highest BCUT2D eigenvalue weighted by molar-refractivity contribution is 5.99. The molecular weight excluding hydrogens is 236 g/mol. The third kappa shape index (κ3) is 3.72. The lowest BCUT2D eigenvalue weighted by Gasteiger charge is -2.25. The second-order valence-corrected chi connectivity index (χ2v) is 5.48. The number of carbonyl (C=O) groups is 1. The fourth-order valence-corrected chi connectivity index (χ4v) is 2.29. The molecule has 3 heteroatoms. The van der Waals surface area contributed by atoms with Crippen LogP contribution >= 0.6 is 0 Å². The van der Waals surface area contributed by atoms with Crippen LogP contribution in [-0.2, 0) is 0 Å². The first-order valence-corrected chi connectivity index (χ1v) is 7.33. The van der Waals surface area contributed by atoms with Gasteiger partial charge in [-0.05, 0) is 49.8 Å². The van der Waals surface area contributed by atoms with Crippen molar-refractivity contribution in [3.63, 3.8) is 0 Å². The van der Waals surface area contributed by atoms with E-state index in [1.807, 2.05) is 25.1 Å². The Hall–Kier alpha value is -1.51. The molecule has 1 aromatic rings. The highest BCUT2D eigenvalue weighted by Gasteiger charge is 2.19. The third-order valence-corrected chi connectivity index (χ3v) is 3.76. The minimum atomic E-state index is 0.0468. The number of benzene rings is 1. The molecular formula is C16H24N2O. The molecule has 19 heavy (non-hydrogen) atoms. The van der Waals surface area contributed by atoms with Crippen LogP contribution in [0.25, 0.3) is 0 Å². The van der Waals surface area contributed by atoms with Crippen LogP contribution in [-0.4, -0.2) is 19.0 Å². The van der Waals surface area contributed by atoms with Crippen molar-refractivity contribution in [3.8, 4) is 0 Å². The average molecular weight is 260 g/mol. The summed E-state index contributed by atoms with van der Waals surface area (Å²) in [4.78, 5) is 12.2. The summed E-state index contributed by atoms with van der Waals surface area (Å²) in [6.45, 7) is 5.89. The maximum Gasteiger partial charge on any atom is 0.253 e. The zero-order valence-electron chi connectivity index (χ0n) is 12.0. The Morgan fingerprint density at radius 1 is 1.37 bits per heavy atom. The predicted molar refractivity (Wildman–Crippen MR) is 79.6 cm³/mol. The van der Waals surface area contributed by atoms with Gasteiger partial charge < -0.3 is 10.6 Å². The molecule has 0 aliphatic heterocycles. The standard InChI is InChI=1S/C16H24N2O/c1-3-9-17-15-10-12(2)7-8-14(15)16(19)18-11-13-5-4-6-13/h7-8,10,13,17H,3-6,9,11H2,1-2H3,(H,18,19). The van der Waals surface area contributed by atoms with Crippen molar-refractivity contribution in [2.45, 2.75) is 39.5 Å². The summed E-state index contributed by atoms with van der Waals surface area (Å²) in [5.74, 6) is 0.743. The number of nitrogens with one attached hydrogen (secondary N) is 2. The van der Waals surface area contributed by atoms with Gasteiger partial charge in [0.2, 0.25) is 0 Å². The average Bonchev–Trinajstić information content (AvgIpc) is 2.34. The van der Waals surface area contributed by atoms with Gasteiger partial charge in [-0.2, -0.15) is 0 Å². The molecule has 0 heterocycles. The summed E-state index contributed by atoms with van der Waals surface area (Å²) in [5.41, 5.74) is 2.89. The van der Waals surface area contributed by atoms with Gasteiger partial charge in [0, 0.05) is 18.8 Å². The molecule has 104 valence electrons. The SMILES string of the molecule is CCCNc1cc(C)ccc1C(=O)NCC1CCC1.